The second-order valence-electron chi connectivity index (χ2n) is 2.42. The van der Waals surface area contributed by atoms with Crippen LogP contribution >= 0.6 is 23.2 Å². The Kier molecular flexibility index (Phi) is 4.10. The number of rotatable bonds is 3. The van der Waals surface area contributed by atoms with Crippen LogP contribution in [-0.4, -0.2) is 28.9 Å². The maximum Gasteiger partial charge on any atom is 0.356 e. The third-order valence-electron chi connectivity index (χ3n) is 1.45. The molecule has 0 aliphatic carbocycles. The fourth-order valence-electron chi connectivity index (χ4n) is 0.870. The van der Waals surface area contributed by atoms with Crippen LogP contribution in [0.5, 0.6) is 0 Å². The SMILES string of the molecule is COC(=O)c1cc(Cl)nc(CCCl)n1. The minimum Gasteiger partial charge on any atom is -0.464 e. The van der Waals surface area contributed by atoms with Crippen molar-refractivity contribution in [3.05, 3.63) is 22.7 Å². The zero-order chi connectivity index (χ0) is 10.6. The average molecular weight is 235 g/mol. The van der Waals surface area contributed by atoms with E-state index in [4.69, 9.17) is 23.2 Å². The number of ether oxygens (including phenoxy) is 1. The summed E-state index contributed by atoms with van der Waals surface area (Å²) in [7, 11) is 1.28. The molecular formula is C8H8Cl2N2O2. The van der Waals surface area contributed by atoms with Crippen LogP contribution in [-0.2, 0) is 11.2 Å². The first-order valence-corrected chi connectivity index (χ1v) is 4.76. The van der Waals surface area contributed by atoms with Crippen molar-refractivity contribution in [2.24, 2.45) is 0 Å². The first-order valence-electron chi connectivity index (χ1n) is 3.85. The highest BCUT2D eigenvalue weighted by molar-refractivity contribution is 6.29. The van der Waals surface area contributed by atoms with Gasteiger partial charge in [-0.1, -0.05) is 11.6 Å². The number of hydrogen-bond donors (Lipinski definition) is 0. The van der Waals surface area contributed by atoms with E-state index in [9.17, 15) is 4.79 Å². The zero-order valence-electron chi connectivity index (χ0n) is 7.46. The van der Waals surface area contributed by atoms with Crippen LogP contribution < -0.4 is 0 Å². The summed E-state index contributed by atoms with van der Waals surface area (Å²) in [6.07, 6.45) is 0.464. The van der Waals surface area contributed by atoms with E-state index in [-0.39, 0.29) is 10.8 Å². The molecule has 4 nitrogen and oxygen atoms in total. The Bertz CT molecular complexity index is 344. The van der Waals surface area contributed by atoms with Gasteiger partial charge in [-0.25, -0.2) is 14.8 Å². The molecule has 6 heteroatoms. The topological polar surface area (TPSA) is 52.1 Å². The molecule has 1 heterocycles. The molecule has 0 saturated heterocycles. The lowest BCUT2D eigenvalue weighted by atomic mass is 10.3. The van der Waals surface area contributed by atoms with Crippen molar-refractivity contribution in [3.63, 3.8) is 0 Å². The Balaban J connectivity index is 3.00. The van der Waals surface area contributed by atoms with Crippen LogP contribution in [0, 0.1) is 0 Å². The highest BCUT2D eigenvalue weighted by Crippen LogP contribution is 2.09. The lowest BCUT2D eigenvalue weighted by Crippen LogP contribution is -2.08. The molecule has 0 aliphatic heterocycles. The van der Waals surface area contributed by atoms with Crippen molar-refractivity contribution in [3.8, 4) is 0 Å². The lowest BCUT2D eigenvalue weighted by Gasteiger charge is -2.01. The first kappa shape index (κ1) is 11.2. The molecule has 0 fully saturated rings. The van der Waals surface area contributed by atoms with E-state index in [0.29, 0.717) is 18.1 Å². The van der Waals surface area contributed by atoms with Crippen LogP contribution in [0.3, 0.4) is 0 Å². The molecule has 0 radical (unpaired) electrons. The van der Waals surface area contributed by atoms with Gasteiger partial charge in [0.05, 0.1) is 7.11 Å². The van der Waals surface area contributed by atoms with Gasteiger partial charge < -0.3 is 4.74 Å². The fourth-order valence-corrected chi connectivity index (χ4v) is 1.24. The van der Waals surface area contributed by atoms with Crippen LogP contribution in [0.2, 0.25) is 5.15 Å². The summed E-state index contributed by atoms with van der Waals surface area (Å²) >= 11 is 11.2. The highest BCUT2D eigenvalue weighted by atomic mass is 35.5. The summed E-state index contributed by atoms with van der Waals surface area (Å²) in [5, 5.41) is 0.209. The number of methoxy groups -OCH3 is 1. The average Bonchev–Trinajstić information content (AvgIpc) is 2.16. The van der Waals surface area contributed by atoms with E-state index in [2.05, 4.69) is 14.7 Å². The molecule has 0 atom stereocenters. The van der Waals surface area contributed by atoms with Gasteiger partial charge in [-0.2, -0.15) is 0 Å². The summed E-state index contributed by atoms with van der Waals surface area (Å²) in [6, 6.07) is 1.35. The zero-order valence-corrected chi connectivity index (χ0v) is 8.97. The molecule has 0 bridgehead atoms. The van der Waals surface area contributed by atoms with Gasteiger partial charge in [-0.05, 0) is 0 Å². The smallest absolute Gasteiger partial charge is 0.356 e. The van der Waals surface area contributed by atoms with E-state index < -0.39 is 5.97 Å². The van der Waals surface area contributed by atoms with Gasteiger partial charge in [0.15, 0.2) is 5.69 Å². The molecule has 0 saturated carbocycles. The molecule has 0 N–H and O–H groups in total. The molecule has 1 aromatic heterocycles. The minimum atomic E-state index is -0.537. The molecule has 1 aromatic rings. The minimum absolute atomic E-state index is 0.146. The Morgan fingerprint density at radius 1 is 1.57 bits per heavy atom. The number of alkyl halides is 1. The van der Waals surface area contributed by atoms with Gasteiger partial charge in [0.25, 0.3) is 0 Å². The Morgan fingerprint density at radius 3 is 2.86 bits per heavy atom. The highest BCUT2D eigenvalue weighted by Gasteiger charge is 2.10. The summed E-state index contributed by atoms with van der Waals surface area (Å²) in [6.45, 7) is 0. The van der Waals surface area contributed by atoms with E-state index in [1.54, 1.807) is 0 Å². The molecule has 1 rings (SSSR count). The molecule has 0 unspecified atom stereocenters. The molecule has 0 amide bonds. The maximum atomic E-state index is 11.1. The van der Waals surface area contributed by atoms with Gasteiger partial charge in [-0.3, -0.25) is 0 Å². The third-order valence-corrected chi connectivity index (χ3v) is 1.84. The van der Waals surface area contributed by atoms with Crippen molar-refractivity contribution in [2.75, 3.05) is 13.0 Å². The quantitative estimate of drug-likeness (QED) is 0.454. The van der Waals surface area contributed by atoms with Crippen LogP contribution in [0.25, 0.3) is 0 Å². The Hall–Kier alpha value is -0.870. The predicted octanol–water partition coefficient (Wildman–Crippen LogP) is 1.70. The van der Waals surface area contributed by atoms with Gasteiger partial charge in [-0.15, -0.1) is 11.6 Å². The summed E-state index contributed by atoms with van der Waals surface area (Å²) < 4.78 is 4.50. The van der Waals surface area contributed by atoms with E-state index >= 15 is 0 Å². The van der Waals surface area contributed by atoms with E-state index in [0.717, 1.165) is 0 Å². The number of aromatic nitrogens is 2. The molecule has 0 aromatic carbocycles. The van der Waals surface area contributed by atoms with Crippen molar-refractivity contribution < 1.29 is 9.53 Å². The number of aryl methyl sites for hydroxylation is 1. The number of hydrogen-bond acceptors (Lipinski definition) is 4. The number of carbonyl (C=O) groups is 1. The Labute approximate surface area is 91.2 Å². The number of nitrogens with zero attached hydrogens (tertiary/aromatic N) is 2. The Morgan fingerprint density at radius 2 is 2.29 bits per heavy atom. The van der Waals surface area contributed by atoms with Gasteiger partial charge >= 0.3 is 5.97 Å². The van der Waals surface area contributed by atoms with Crippen LogP contribution in [0.1, 0.15) is 16.3 Å². The predicted molar refractivity (Wildman–Crippen MR) is 52.8 cm³/mol. The molecule has 0 aliphatic rings. The largest absolute Gasteiger partial charge is 0.464 e. The number of carbonyl (C=O) groups excluding carboxylic acids is 1. The van der Waals surface area contributed by atoms with Crippen LogP contribution in [0.15, 0.2) is 6.07 Å². The van der Waals surface area contributed by atoms with Gasteiger partial charge in [0.1, 0.15) is 11.0 Å². The molecule has 0 spiro atoms. The van der Waals surface area contributed by atoms with E-state index in [1.807, 2.05) is 0 Å². The lowest BCUT2D eigenvalue weighted by molar-refractivity contribution is 0.0593. The standard InChI is InChI=1S/C8H8Cl2N2O2/c1-14-8(13)5-4-6(10)12-7(11-5)2-3-9/h4H,2-3H2,1H3. The van der Waals surface area contributed by atoms with Crippen molar-refractivity contribution in [2.45, 2.75) is 6.42 Å². The van der Waals surface area contributed by atoms with Gasteiger partial charge in [0, 0.05) is 18.4 Å². The molecular weight excluding hydrogens is 227 g/mol. The summed E-state index contributed by atoms with van der Waals surface area (Å²) in [5.74, 6) is 0.277. The van der Waals surface area contributed by atoms with Crippen molar-refractivity contribution in [1.29, 1.82) is 0 Å². The number of halogens is 2. The first-order chi connectivity index (χ1) is 6.67. The van der Waals surface area contributed by atoms with E-state index in [1.165, 1.54) is 13.2 Å². The monoisotopic (exact) mass is 234 g/mol. The van der Waals surface area contributed by atoms with Crippen molar-refractivity contribution >= 4 is 29.2 Å². The van der Waals surface area contributed by atoms with Crippen molar-refractivity contribution in [1.82, 2.24) is 9.97 Å². The normalized spacial score (nSPS) is 9.93. The number of esters is 1. The summed E-state index contributed by atoms with van der Waals surface area (Å²) in [4.78, 5) is 19.0. The maximum absolute atomic E-state index is 11.1. The van der Waals surface area contributed by atoms with Crippen LogP contribution in [0.4, 0.5) is 0 Å². The summed E-state index contributed by atoms with van der Waals surface area (Å²) in [5.41, 5.74) is 0.146. The molecule has 76 valence electrons. The third kappa shape index (κ3) is 2.82. The second-order valence-corrected chi connectivity index (χ2v) is 3.19. The van der Waals surface area contributed by atoms with Gasteiger partial charge in [0.2, 0.25) is 0 Å². The second kappa shape index (κ2) is 5.12. The molecule has 14 heavy (non-hydrogen) atoms. The fraction of sp³-hybridized carbons (Fsp3) is 0.375.